The molecule has 1 saturated heterocycles. The van der Waals surface area contributed by atoms with Gasteiger partial charge in [0.25, 0.3) is 5.91 Å². The van der Waals surface area contributed by atoms with Crippen LogP contribution in [0.4, 0.5) is 0 Å². The fourth-order valence-corrected chi connectivity index (χ4v) is 8.90. The molecule has 1 aromatic rings. The lowest BCUT2D eigenvalue weighted by Gasteiger charge is -2.41. The van der Waals surface area contributed by atoms with Crippen LogP contribution in [0.25, 0.3) is 0 Å². The molecular weight excluding hydrogens is 900 g/mol. The highest BCUT2D eigenvalue weighted by molar-refractivity contribution is 9.12. The molecule has 0 saturated carbocycles. The first-order chi connectivity index (χ1) is 30.6. The zero-order valence-electron chi connectivity index (χ0n) is 40.6. The Hall–Kier alpha value is -4.35. The summed E-state index contributed by atoms with van der Waals surface area (Å²) in [6, 6.07) is 5.06. The maximum Gasteiger partial charge on any atom is 0.326 e. The third kappa shape index (κ3) is 16.8. The van der Waals surface area contributed by atoms with Crippen molar-refractivity contribution in [1.29, 1.82) is 0 Å². The van der Waals surface area contributed by atoms with Gasteiger partial charge in [-0.2, -0.15) is 0 Å². The summed E-state index contributed by atoms with van der Waals surface area (Å²) in [6.07, 6.45) is 2.64. The Morgan fingerprint density at radius 2 is 1.54 bits per heavy atom. The minimum atomic E-state index is -1.16. The predicted molar refractivity (Wildman–Crippen MR) is 254 cm³/mol. The van der Waals surface area contributed by atoms with Gasteiger partial charge in [0.1, 0.15) is 18.1 Å². The van der Waals surface area contributed by atoms with Gasteiger partial charge in [0, 0.05) is 54.2 Å². The first kappa shape index (κ1) is 56.8. The van der Waals surface area contributed by atoms with E-state index in [2.05, 4.69) is 38.5 Å². The molecule has 6 amide bonds. The van der Waals surface area contributed by atoms with Crippen LogP contribution in [0.15, 0.2) is 41.4 Å². The maximum absolute atomic E-state index is 14.5. The lowest BCUT2D eigenvalue weighted by Crippen LogP contribution is -2.60. The van der Waals surface area contributed by atoms with E-state index >= 15 is 0 Å². The van der Waals surface area contributed by atoms with Crippen LogP contribution >= 0.6 is 15.9 Å². The first-order valence-electron chi connectivity index (χ1n) is 23.0. The molecule has 9 atom stereocenters. The van der Waals surface area contributed by atoms with Gasteiger partial charge in [-0.25, -0.2) is 4.79 Å². The summed E-state index contributed by atoms with van der Waals surface area (Å²) in [6.45, 7) is 17.5. The average molecular weight is 978 g/mol. The SMILES string of the molecule is C=C(Br)C(=O)NCCCCCC(=O)N(C)C(C(=O)NC(C(=O)N(C)C(C(C)CC)C(CC(=O)N1CCCC1C(OC)C(C)C(=O)NC(Cc1ccccc1)C(=O)O)OC)C(C)C)C(C)C. The number of carbonyl (C=O) groups is 7. The largest absolute Gasteiger partial charge is 0.480 e. The number of carboxylic acids is 1. The molecule has 0 radical (unpaired) electrons. The van der Waals surface area contributed by atoms with Gasteiger partial charge < -0.3 is 45.2 Å². The molecule has 17 heteroatoms. The van der Waals surface area contributed by atoms with Gasteiger partial charge in [0.05, 0.1) is 41.1 Å². The van der Waals surface area contributed by atoms with Crippen LogP contribution in [0.2, 0.25) is 0 Å². The molecule has 2 rings (SSSR count). The summed E-state index contributed by atoms with van der Waals surface area (Å²) >= 11 is 3.05. The molecule has 1 fully saturated rings. The normalized spacial score (nSPS) is 17.5. The lowest BCUT2D eigenvalue weighted by atomic mass is 9.89. The minimum Gasteiger partial charge on any atom is -0.480 e. The monoisotopic (exact) mass is 976 g/mol. The van der Waals surface area contributed by atoms with E-state index in [9.17, 15) is 38.7 Å². The Bertz CT molecular complexity index is 1750. The number of nitrogens with one attached hydrogen (secondary N) is 3. The molecule has 65 heavy (non-hydrogen) atoms. The Labute approximate surface area is 395 Å². The highest BCUT2D eigenvalue weighted by atomic mass is 79.9. The van der Waals surface area contributed by atoms with Crippen molar-refractivity contribution >= 4 is 57.3 Å². The number of nitrogens with zero attached hydrogens (tertiary/aromatic N) is 3. The van der Waals surface area contributed by atoms with Crippen molar-refractivity contribution < 1.29 is 48.1 Å². The van der Waals surface area contributed by atoms with Crippen molar-refractivity contribution in [1.82, 2.24) is 30.7 Å². The molecule has 0 aromatic heterocycles. The number of hydrogen-bond donors (Lipinski definition) is 4. The zero-order valence-corrected chi connectivity index (χ0v) is 42.1. The Morgan fingerprint density at radius 1 is 0.892 bits per heavy atom. The van der Waals surface area contributed by atoms with Crippen molar-refractivity contribution in [2.75, 3.05) is 41.4 Å². The average Bonchev–Trinajstić information content (AvgIpc) is 3.75. The third-order valence-electron chi connectivity index (χ3n) is 12.7. The fourth-order valence-electron chi connectivity index (χ4n) is 8.76. The van der Waals surface area contributed by atoms with Crippen LogP contribution in [0.5, 0.6) is 0 Å². The highest BCUT2D eigenvalue weighted by Crippen LogP contribution is 2.30. The maximum atomic E-state index is 14.5. The molecule has 16 nitrogen and oxygen atoms in total. The molecule has 9 unspecified atom stereocenters. The van der Waals surface area contributed by atoms with Gasteiger partial charge in [-0.15, -0.1) is 0 Å². The van der Waals surface area contributed by atoms with E-state index in [1.165, 1.54) is 19.1 Å². The second-order valence-corrected chi connectivity index (χ2v) is 19.0. The van der Waals surface area contributed by atoms with E-state index in [-0.39, 0.29) is 65.1 Å². The number of carboxylic acid groups (broad SMARTS) is 1. The molecule has 4 N–H and O–H groups in total. The number of rotatable bonds is 28. The number of halogens is 1. The van der Waals surface area contributed by atoms with E-state index in [1.54, 1.807) is 55.1 Å². The minimum absolute atomic E-state index is 0.0723. The van der Waals surface area contributed by atoms with Crippen LogP contribution in [0, 0.1) is 23.7 Å². The van der Waals surface area contributed by atoms with Gasteiger partial charge in [-0.1, -0.05) is 98.2 Å². The summed E-state index contributed by atoms with van der Waals surface area (Å²) in [5, 5.41) is 18.3. The number of carbonyl (C=O) groups excluding carboxylic acids is 6. The number of likely N-dealkylation sites (tertiary alicyclic amines) is 1. The van der Waals surface area contributed by atoms with Crippen molar-refractivity contribution in [3.63, 3.8) is 0 Å². The number of methoxy groups -OCH3 is 2. The summed E-state index contributed by atoms with van der Waals surface area (Å²) in [7, 11) is 6.25. The van der Waals surface area contributed by atoms with Crippen molar-refractivity contribution in [3.05, 3.63) is 47.0 Å². The molecule has 366 valence electrons. The zero-order chi connectivity index (χ0) is 49.1. The van der Waals surface area contributed by atoms with Crippen LogP contribution in [-0.2, 0) is 49.5 Å². The van der Waals surface area contributed by atoms with E-state index in [0.717, 1.165) is 5.56 Å². The molecule has 1 aliphatic heterocycles. The topological polar surface area (TPSA) is 204 Å². The lowest BCUT2D eigenvalue weighted by molar-refractivity contribution is -0.149. The van der Waals surface area contributed by atoms with Crippen LogP contribution in [-0.4, -0.2) is 145 Å². The van der Waals surface area contributed by atoms with Gasteiger partial charge in [-0.05, 0) is 64.9 Å². The molecule has 1 heterocycles. The summed E-state index contributed by atoms with van der Waals surface area (Å²) < 4.78 is 12.2. The molecule has 0 spiro atoms. The van der Waals surface area contributed by atoms with E-state index < -0.39 is 66.1 Å². The Balaban J connectivity index is 2.22. The number of ether oxygens (including phenoxy) is 2. The molecule has 0 bridgehead atoms. The van der Waals surface area contributed by atoms with Crippen molar-refractivity contribution in [3.8, 4) is 0 Å². The summed E-state index contributed by atoms with van der Waals surface area (Å²) in [5.41, 5.74) is 0.766. The predicted octanol–water partition coefficient (Wildman–Crippen LogP) is 4.93. The van der Waals surface area contributed by atoms with Crippen molar-refractivity contribution in [2.45, 2.75) is 149 Å². The van der Waals surface area contributed by atoms with Gasteiger partial charge in [0.2, 0.25) is 29.5 Å². The van der Waals surface area contributed by atoms with Gasteiger partial charge >= 0.3 is 5.97 Å². The molecule has 1 aromatic carbocycles. The van der Waals surface area contributed by atoms with Crippen molar-refractivity contribution in [2.24, 2.45) is 23.7 Å². The Kier molecular flexibility index (Phi) is 24.4. The standard InChI is InChI=1S/C48H77BrN6O10/c1-13-31(6)42(54(10)47(61)40(29(2)3)52-46(60)41(30(4)5)53(9)38(56)24-18-15-19-25-50-45(59)33(8)49)37(64-11)28-39(57)55-26-20-23-36(55)43(65-12)32(7)44(58)51-35(48(62)63)27-34-21-16-14-17-22-34/h14,16-17,21-22,29-32,35-37,40-43H,8,13,15,18-20,23-28H2,1-7,9-12H3,(H,50,59)(H,51,58)(H,52,60)(H,62,63). The quantitative estimate of drug-likeness (QED) is 0.0659. The second-order valence-electron chi connectivity index (χ2n) is 18.1. The Morgan fingerprint density at radius 3 is 2.08 bits per heavy atom. The first-order valence-corrected chi connectivity index (χ1v) is 23.8. The number of unbranched alkanes of at least 4 members (excludes halogenated alkanes) is 2. The second kappa shape index (κ2) is 28.0. The van der Waals surface area contributed by atoms with Crippen LogP contribution < -0.4 is 16.0 Å². The van der Waals surface area contributed by atoms with Gasteiger partial charge in [0.15, 0.2) is 0 Å². The van der Waals surface area contributed by atoms with E-state index in [1.807, 2.05) is 47.6 Å². The van der Waals surface area contributed by atoms with Crippen LogP contribution in [0.3, 0.4) is 0 Å². The van der Waals surface area contributed by atoms with Crippen LogP contribution in [0.1, 0.15) is 105 Å². The number of amides is 6. The summed E-state index contributed by atoms with van der Waals surface area (Å²) in [5.74, 6) is -4.68. The molecular formula is C48H77BrN6O10. The summed E-state index contributed by atoms with van der Waals surface area (Å²) in [4.78, 5) is 98.4. The molecule has 0 aliphatic carbocycles. The number of likely N-dealkylation sites (N-methyl/N-ethyl adjacent to an activating group) is 2. The fraction of sp³-hybridized carbons (Fsp3) is 0.688. The third-order valence-corrected chi connectivity index (χ3v) is 13.1. The van der Waals surface area contributed by atoms with Gasteiger partial charge in [-0.3, -0.25) is 28.8 Å². The highest BCUT2D eigenvalue weighted by Gasteiger charge is 2.44. The smallest absolute Gasteiger partial charge is 0.326 e. The number of hydrogen-bond acceptors (Lipinski definition) is 9. The van der Waals surface area contributed by atoms with E-state index in [4.69, 9.17) is 9.47 Å². The number of aliphatic carboxylic acids is 1. The number of benzene rings is 1. The van der Waals surface area contributed by atoms with E-state index in [0.29, 0.717) is 51.6 Å². The molecule has 1 aliphatic rings.